The molecular formula is C19H19N3O5. The minimum absolute atomic E-state index is 0.226. The number of hydrogen-bond acceptors (Lipinski definition) is 5. The molecule has 1 aromatic carbocycles. The third kappa shape index (κ3) is 3.38. The van der Waals surface area contributed by atoms with E-state index in [4.69, 9.17) is 9.15 Å². The molecule has 1 N–H and O–H groups in total. The highest BCUT2D eigenvalue weighted by Crippen LogP contribution is 2.25. The normalized spacial score (nSPS) is 19.3. The highest BCUT2D eigenvalue weighted by atomic mass is 16.6. The first-order chi connectivity index (χ1) is 13.1. The van der Waals surface area contributed by atoms with E-state index >= 15 is 0 Å². The Morgan fingerprint density at radius 2 is 2.04 bits per heavy atom. The Bertz CT molecular complexity index is 864. The molecule has 27 heavy (non-hydrogen) atoms. The second kappa shape index (κ2) is 7.14. The van der Waals surface area contributed by atoms with Gasteiger partial charge in [0.15, 0.2) is 5.76 Å². The number of anilines is 2. The lowest BCUT2D eigenvalue weighted by Gasteiger charge is -2.23. The molecule has 8 nitrogen and oxygen atoms in total. The van der Waals surface area contributed by atoms with Crippen LogP contribution in [0.25, 0.3) is 0 Å². The van der Waals surface area contributed by atoms with Crippen molar-refractivity contribution in [2.24, 2.45) is 0 Å². The number of furan rings is 1. The smallest absolute Gasteiger partial charge is 0.414 e. The molecule has 0 spiro atoms. The zero-order valence-electron chi connectivity index (χ0n) is 14.6. The quantitative estimate of drug-likeness (QED) is 0.894. The summed E-state index contributed by atoms with van der Waals surface area (Å²) in [6.07, 6.45) is 2.39. The fraction of sp³-hybridized carbons (Fsp3) is 0.316. The molecule has 2 aliphatic heterocycles. The molecule has 1 aromatic heterocycles. The summed E-state index contributed by atoms with van der Waals surface area (Å²) in [5, 5.41) is 2.85. The summed E-state index contributed by atoms with van der Waals surface area (Å²) in [4.78, 5) is 40.0. The standard InChI is InChI=1S/C19H19N3O5/c23-17(15-6-2-8-22(15)18(24)16-7-3-10-26-16)20-13-4-1-5-14(12-13)21-9-11-27-19(21)25/h1,3-5,7,10,12,15H,2,6,8-9,11H2,(H,20,23). The van der Waals surface area contributed by atoms with Gasteiger partial charge in [0, 0.05) is 17.9 Å². The number of hydrogen-bond donors (Lipinski definition) is 1. The Morgan fingerprint density at radius 3 is 2.78 bits per heavy atom. The van der Waals surface area contributed by atoms with Gasteiger partial charge in [0.2, 0.25) is 5.91 Å². The maximum Gasteiger partial charge on any atom is 0.414 e. The summed E-state index contributed by atoms with van der Waals surface area (Å²) < 4.78 is 10.1. The van der Waals surface area contributed by atoms with Crippen molar-refractivity contribution in [3.8, 4) is 0 Å². The van der Waals surface area contributed by atoms with Crippen LogP contribution in [-0.2, 0) is 9.53 Å². The van der Waals surface area contributed by atoms with Crippen LogP contribution in [0.2, 0.25) is 0 Å². The van der Waals surface area contributed by atoms with Crippen molar-refractivity contribution in [2.45, 2.75) is 18.9 Å². The van der Waals surface area contributed by atoms with Crippen molar-refractivity contribution in [3.63, 3.8) is 0 Å². The van der Waals surface area contributed by atoms with E-state index in [2.05, 4.69) is 5.32 Å². The summed E-state index contributed by atoms with van der Waals surface area (Å²) in [5.41, 5.74) is 1.22. The van der Waals surface area contributed by atoms with Gasteiger partial charge >= 0.3 is 6.09 Å². The Morgan fingerprint density at radius 1 is 1.15 bits per heavy atom. The number of nitrogens with one attached hydrogen (secondary N) is 1. The van der Waals surface area contributed by atoms with Crippen LogP contribution < -0.4 is 10.2 Å². The summed E-state index contributed by atoms with van der Waals surface area (Å²) in [6, 6.07) is 9.69. The van der Waals surface area contributed by atoms with E-state index < -0.39 is 12.1 Å². The number of rotatable bonds is 4. The van der Waals surface area contributed by atoms with E-state index in [9.17, 15) is 14.4 Å². The molecule has 0 bridgehead atoms. The van der Waals surface area contributed by atoms with Crippen LogP contribution in [0.3, 0.4) is 0 Å². The van der Waals surface area contributed by atoms with Gasteiger partial charge in [-0.25, -0.2) is 4.79 Å². The lowest BCUT2D eigenvalue weighted by molar-refractivity contribution is -0.119. The van der Waals surface area contributed by atoms with E-state index in [1.54, 1.807) is 36.4 Å². The summed E-state index contributed by atoms with van der Waals surface area (Å²) >= 11 is 0. The molecule has 2 aromatic rings. The largest absolute Gasteiger partial charge is 0.459 e. The maximum absolute atomic E-state index is 12.8. The minimum atomic E-state index is -0.553. The molecule has 1 unspecified atom stereocenters. The van der Waals surface area contributed by atoms with Gasteiger partial charge in [-0.3, -0.25) is 14.5 Å². The van der Waals surface area contributed by atoms with Crippen LogP contribution in [-0.4, -0.2) is 48.5 Å². The fourth-order valence-corrected chi connectivity index (χ4v) is 3.43. The Hall–Kier alpha value is -3.29. The predicted molar refractivity (Wildman–Crippen MR) is 96.5 cm³/mol. The van der Waals surface area contributed by atoms with Crippen molar-refractivity contribution in [1.82, 2.24) is 4.90 Å². The van der Waals surface area contributed by atoms with Crippen LogP contribution in [0, 0.1) is 0 Å². The third-order valence-corrected chi connectivity index (χ3v) is 4.73. The summed E-state index contributed by atoms with van der Waals surface area (Å²) in [5.74, 6) is -0.316. The lowest BCUT2D eigenvalue weighted by atomic mass is 10.2. The summed E-state index contributed by atoms with van der Waals surface area (Å²) in [7, 11) is 0. The van der Waals surface area contributed by atoms with Gasteiger partial charge in [0.25, 0.3) is 5.91 Å². The molecule has 140 valence electrons. The van der Waals surface area contributed by atoms with E-state index in [0.717, 1.165) is 6.42 Å². The topological polar surface area (TPSA) is 92.1 Å². The maximum atomic E-state index is 12.8. The number of nitrogens with zero attached hydrogens (tertiary/aromatic N) is 2. The average Bonchev–Trinajstić information content (AvgIpc) is 3.42. The minimum Gasteiger partial charge on any atom is -0.459 e. The van der Waals surface area contributed by atoms with E-state index in [1.807, 2.05) is 0 Å². The van der Waals surface area contributed by atoms with Crippen molar-refractivity contribution in [3.05, 3.63) is 48.4 Å². The second-order valence-corrected chi connectivity index (χ2v) is 6.44. The number of ether oxygens (including phenoxy) is 1. The molecule has 3 amide bonds. The number of benzene rings is 1. The zero-order chi connectivity index (χ0) is 18.8. The van der Waals surface area contributed by atoms with Gasteiger partial charge in [-0.05, 0) is 43.2 Å². The molecule has 2 saturated heterocycles. The Balaban J connectivity index is 1.47. The fourth-order valence-electron chi connectivity index (χ4n) is 3.43. The van der Waals surface area contributed by atoms with Gasteiger partial charge in [-0.15, -0.1) is 0 Å². The number of likely N-dealkylation sites (tertiary alicyclic amines) is 1. The van der Waals surface area contributed by atoms with Crippen molar-refractivity contribution >= 4 is 29.3 Å². The van der Waals surface area contributed by atoms with E-state index in [-0.39, 0.29) is 17.6 Å². The van der Waals surface area contributed by atoms with Crippen LogP contribution in [0.15, 0.2) is 47.1 Å². The van der Waals surface area contributed by atoms with Crippen LogP contribution >= 0.6 is 0 Å². The molecule has 2 aliphatic rings. The molecule has 0 aliphatic carbocycles. The van der Waals surface area contributed by atoms with Gasteiger partial charge in [0.1, 0.15) is 12.6 Å². The highest BCUT2D eigenvalue weighted by molar-refractivity contribution is 6.01. The average molecular weight is 369 g/mol. The van der Waals surface area contributed by atoms with Crippen LogP contribution in [0.5, 0.6) is 0 Å². The van der Waals surface area contributed by atoms with Gasteiger partial charge < -0.3 is 19.4 Å². The Labute approximate surface area is 155 Å². The first-order valence-electron chi connectivity index (χ1n) is 8.83. The van der Waals surface area contributed by atoms with Gasteiger partial charge in [-0.1, -0.05) is 6.07 Å². The molecule has 2 fully saturated rings. The molecule has 0 saturated carbocycles. The van der Waals surface area contributed by atoms with Crippen LogP contribution in [0.1, 0.15) is 23.4 Å². The number of carbonyl (C=O) groups is 3. The predicted octanol–water partition coefficient (Wildman–Crippen LogP) is 2.48. The van der Waals surface area contributed by atoms with Gasteiger partial charge in [0.05, 0.1) is 12.8 Å². The first-order valence-corrected chi connectivity index (χ1v) is 8.83. The van der Waals surface area contributed by atoms with E-state index in [0.29, 0.717) is 37.5 Å². The Kier molecular flexibility index (Phi) is 4.53. The first kappa shape index (κ1) is 17.1. The zero-order valence-corrected chi connectivity index (χ0v) is 14.6. The SMILES string of the molecule is O=C(Nc1cccc(N2CCOC2=O)c1)C1CCCN1C(=O)c1ccco1. The van der Waals surface area contributed by atoms with Gasteiger partial charge in [-0.2, -0.15) is 0 Å². The summed E-state index contributed by atoms with van der Waals surface area (Å²) in [6.45, 7) is 1.34. The molecule has 0 radical (unpaired) electrons. The lowest BCUT2D eigenvalue weighted by Crippen LogP contribution is -2.43. The van der Waals surface area contributed by atoms with Crippen molar-refractivity contribution in [2.75, 3.05) is 29.9 Å². The molecular weight excluding hydrogens is 350 g/mol. The molecule has 1 atom stereocenters. The van der Waals surface area contributed by atoms with Crippen molar-refractivity contribution < 1.29 is 23.5 Å². The highest BCUT2D eigenvalue weighted by Gasteiger charge is 2.35. The number of carbonyl (C=O) groups excluding carboxylic acids is 3. The molecule has 8 heteroatoms. The second-order valence-electron chi connectivity index (χ2n) is 6.44. The van der Waals surface area contributed by atoms with E-state index in [1.165, 1.54) is 16.1 Å². The number of amides is 3. The van der Waals surface area contributed by atoms with Crippen molar-refractivity contribution in [1.29, 1.82) is 0 Å². The monoisotopic (exact) mass is 369 g/mol. The molecule has 4 rings (SSSR count). The number of cyclic esters (lactones) is 1. The molecule has 3 heterocycles. The van der Waals surface area contributed by atoms with Crippen LogP contribution in [0.4, 0.5) is 16.2 Å². The third-order valence-electron chi connectivity index (χ3n) is 4.73.